The van der Waals surface area contributed by atoms with Crippen LogP contribution >= 0.6 is 0 Å². The van der Waals surface area contributed by atoms with Crippen molar-refractivity contribution < 1.29 is 14.6 Å². The van der Waals surface area contributed by atoms with Crippen LogP contribution in [0, 0.1) is 0 Å². The molecule has 0 aromatic heterocycles. The van der Waals surface area contributed by atoms with Crippen LogP contribution < -0.4 is 0 Å². The SMILES string of the molecule is C.C.C.C.C.C.CCCCOCCCCCOCO. The molecule has 0 aliphatic heterocycles. The van der Waals surface area contributed by atoms with Gasteiger partial charge in [-0.1, -0.05) is 57.9 Å². The van der Waals surface area contributed by atoms with Crippen molar-refractivity contribution in [2.75, 3.05) is 26.6 Å². The Balaban J connectivity index is -0.0000000480. The predicted octanol–water partition coefficient (Wildman–Crippen LogP) is 5.76. The molecule has 0 aromatic rings. The summed E-state index contributed by atoms with van der Waals surface area (Å²) in [6, 6.07) is 0. The van der Waals surface area contributed by atoms with Crippen LogP contribution in [0.3, 0.4) is 0 Å². The van der Waals surface area contributed by atoms with E-state index in [4.69, 9.17) is 14.6 Å². The molecule has 1 N–H and O–H groups in total. The fraction of sp³-hybridized carbons (Fsp3) is 1.00. The van der Waals surface area contributed by atoms with E-state index in [1.807, 2.05) is 0 Å². The molecule has 3 heteroatoms. The number of unbranched alkanes of at least 4 members (excludes halogenated alkanes) is 3. The summed E-state index contributed by atoms with van der Waals surface area (Å²) in [6.07, 6.45) is 5.58. The highest BCUT2D eigenvalue weighted by molar-refractivity contribution is 4.40. The standard InChI is InChI=1S/C10H22O3.6CH4/c1-2-3-7-12-8-5-4-6-9-13-10-11;;;;;;/h11H,2-10H2,1H3;6*1H4. The third-order valence-corrected chi connectivity index (χ3v) is 1.81. The fourth-order valence-corrected chi connectivity index (χ4v) is 0.998. The quantitative estimate of drug-likeness (QED) is 0.410. The summed E-state index contributed by atoms with van der Waals surface area (Å²) < 4.78 is 10.2. The molecule has 0 spiro atoms. The Bertz CT molecular complexity index is 78.1. The molecule has 0 heterocycles. The summed E-state index contributed by atoms with van der Waals surface area (Å²) in [6.45, 7) is 4.41. The van der Waals surface area contributed by atoms with Crippen molar-refractivity contribution in [1.82, 2.24) is 0 Å². The van der Waals surface area contributed by atoms with Gasteiger partial charge in [0.15, 0.2) is 0 Å². The maximum absolute atomic E-state index is 8.32. The molecule has 128 valence electrons. The molecule has 0 rings (SSSR count). The first-order valence-corrected chi connectivity index (χ1v) is 5.18. The number of ether oxygens (including phenoxy) is 2. The molecule has 0 aromatic carbocycles. The molecule has 3 nitrogen and oxygen atoms in total. The second-order valence-electron chi connectivity index (χ2n) is 3.06. The second kappa shape index (κ2) is 43.0. The molecule has 0 radical (unpaired) electrons. The summed E-state index contributed by atoms with van der Waals surface area (Å²) in [4.78, 5) is 0. The topological polar surface area (TPSA) is 38.7 Å². The summed E-state index contributed by atoms with van der Waals surface area (Å²) >= 11 is 0. The lowest BCUT2D eigenvalue weighted by molar-refractivity contribution is -0.00335. The van der Waals surface area contributed by atoms with Gasteiger partial charge in [-0.15, -0.1) is 0 Å². The first kappa shape index (κ1) is 42.8. The van der Waals surface area contributed by atoms with Crippen LogP contribution in [0.25, 0.3) is 0 Å². The Morgan fingerprint density at radius 3 is 1.47 bits per heavy atom. The van der Waals surface area contributed by atoms with E-state index in [9.17, 15) is 0 Å². The summed E-state index contributed by atoms with van der Waals surface area (Å²) in [5.41, 5.74) is 0. The Morgan fingerprint density at radius 2 is 1.05 bits per heavy atom. The maximum Gasteiger partial charge on any atom is 0.143 e. The average molecular weight is 287 g/mol. The van der Waals surface area contributed by atoms with Gasteiger partial charge in [0.05, 0.1) is 0 Å². The Morgan fingerprint density at radius 1 is 0.632 bits per heavy atom. The third-order valence-electron chi connectivity index (χ3n) is 1.81. The lowest BCUT2D eigenvalue weighted by Crippen LogP contribution is -1.99. The molecule has 0 bridgehead atoms. The maximum atomic E-state index is 8.32. The molecule has 0 saturated heterocycles. The zero-order chi connectivity index (χ0) is 9.78. The van der Waals surface area contributed by atoms with Crippen molar-refractivity contribution in [3.8, 4) is 0 Å². The van der Waals surface area contributed by atoms with Crippen molar-refractivity contribution in [1.29, 1.82) is 0 Å². The number of aliphatic hydroxyl groups excluding tert-OH is 1. The normalized spacial score (nSPS) is 7.26. The van der Waals surface area contributed by atoms with Gasteiger partial charge < -0.3 is 14.6 Å². The van der Waals surface area contributed by atoms with E-state index in [1.165, 1.54) is 6.42 Å². The van der Waals surface area contributed by atoms with Gasteiger partial charge in [-0.3, -0.25) is 0 Å². The fourth-order valence-electron chi connectivity index (χ4n) is 0.998. The van der Waals surface area contributed by atoms with E-state index < -0.39 is 0 Å². The second-order valence-corrected chi connectivity index (χ2v) is 3.06. The van der Waals surface area contributed by atoms with E-state index in [0.717, 1.165) is 38.9 Å². The van der Waals surface area contributed by atoms with Crippen molar-refractivity contribution >= 4 is 0 Å². The van der Waals surface area contributed by atoms with Crippen LogP contribution in [-0.4, -0.2) is 31.7 Å². The van der Waals surface area contributed by atoms with Crippen LogP contribution in [-0.2, 0) is 9.47 Å². The zero-order valence-electron chi connectivity index (χ0n) is 8.63. The zero-order valence-corrected chi connectivity index (χ0v) is 8.63. The van der Waals surface area contributed by atoms with Crippen LogP contribution in [0.2, 0.25) is 0 Å². The number of aliphatic hydroxyl groups is 1. The van der Waals surface area contributed by atoms with Crippen molar-refractivity contribution in [2.45, 2.75) is 83.6 Å². The molecule has 0 fully saturated rings. The van der Waals surface area contributed by atoms with Crippen molar-refractivity contribution in [2.24, 2.45) is 0 Å². The monoisotopic (exact) mass is 286 g/mol. The minimum atomic E-state index is -0.160. The summed E-state index contributed by atoms with van der Waals surface area (Å²) in [7, 11) is 0. The van der Waals surface area contributed by atoms with Gasteiger partial charge >= 0.3 is 0 Å². The summed E-state index contributed by atoms with van der Waals surface area (Å²) in [5.74, 6) is 0. The predicted molar refractivity (Wildman–Crippen MR) is 93.0 cm³/mol. The van der Waals surface area contributed by atoms with Gasteiger partial charge in [-0.05, 0) is 25.7 Å². The molecular formula is C16H46O3. The number of hydrogen-bond donors (Lipinski definition) is 1. The molecule has 0 saturated carbocycles. The molecule has 0 unspecified atom stereocenters. The van der Waals surface area contributed by atoms with E-state index in [1.54, 1.807) is 0 Å². The van der Waals surface area contributed by atoms with Gasteiger partial charge in [-0.25, -0.2) is 0 Å². The van der Waals surface area contributed by atoms with E-state index >= 15 is 0 Å². The van der Waals surface area contributed by atoms with Crippen molar-refractivity contribution in [3.63, 3.8) is 0 Å². The molecule has 0 aliphatic rings. The summed E-state index contributed by atoms with van der Waals surface area (Å²) in [5, 5.41) is 8.32. The van der Waals surface area contributed by atoms with Crippen LogP contribution in [0.5, 0.6) is 0 Å². The molecule has 0 amide bonds. The third kappa shape index (κ3) is 46.2. The highest BCUT2D eigenvalue weighted by atomic mass is 16.6. The molecule has 0 aliphatic carbocycles. The number of hydrogen-bond acceptors (Lipinski definition) is 3. The highest BCUT2D eigenvalue weighted by Gasteiger charge is 1.90. The Hall–Kier alpha value is -0.120. The number of rotatable bonds is 10. The van der Waals surface area contributed by atoms with Crippen molar-refractivity contribution in [3.05, 3.63) is 0 Å². The molecular weight excluding hydrogens is 240 g/mol. The van der Waals surface area contributed by atoms with Gasteiger partial charge in [0, 0.05) is 19.8 Å². The Labute approximate surface area is 125 Å². The van der Waals surface area contributed by atoms with Crippen LogP contribution in [0.4, 0.5) is 0 Å². The first-order chi connectivity index (χ1) is 6.41. The van der Waals surface area contributed by atoms with E-state index in [0.29, 0.717) is 6.61 Å². The highest BCUT2D eigenvalue weighted by Crippen LogP contribution is 1.97. The van der Waals surface area contributed by atoms with Crippen LogP contribution in [0.1, 0.15) is 83.6 Å². The van der Waals surface area contributed by atoms with E-state index in [2.05, 4.69) is 6.92 Å². The minimum absolute atomic E-state index is 0. The van der Waals surface area contributed by atoms with E-state index in [-0.39, 0.29) is 51.4 Å². The largest absolute Gasteiger partial charge is 0.381 e. The smallest absolute Gasteiger partial charge is 0.143 e. The van der Waals surface area contributed by atoms with Gasteiger partial charge in [-0.2, -0.15) is 0 Å². The van der Waals surface area contributed by atoms with Crippen LogP contribution in [0.15, 0.2) is 0 Å². The molecule has 19 heavy (non-hydrogen) atoms. The average Bonchev–Trinajstić information content (AvgIpc) is 2.16. The molecule has 0 atom stereocenters. The Kier molecular flexibility index (Phi) is 96.9. The lowest BCUT2D eigenvalue weighted by Gasteiger charge is -2.03. The minimum Gasteiger partial charge on any atom is -0.381 e. The van der Waals surface area contributed by atoms with Gasteiger partial charge in [0.1, 0.15) is 6.79 Å². The lowest BCUT2D eigenvalue weighted by atomic mass is 10.2. The first-order valence-electron chi connectivity index (χ1n) is 5.18. The van der Waals surface area contributed by atoms with Gasteiger partial charge in [0.2, 0.25) is 0 Å². The van der Waals surface area contributed by atoms with Gasteiger partial charge in [0.25, 0.3) is 0 Å².